The van der Waals surface area contributed by atoms with E-state index in [2.05, 4.69) is 62.4 Å². The van der Waals surface area contributed by atoms with Crippen LogP contribution >= 0.6 is 22.7 Å². The summed E-state index contributed by atoms with van der Waals surface area (Å²) in [6, 6.07) is 20.7. The Morgan fingerprint density at radius 2 is 0.826 bits per heavy atom. The molecule has 4 nitrogen and oxygen atoms in total. The first-order valence-electron chi connectivity index (χ1n) is 16.9. The van der Waals surface area contributed by atoms with E-state index < -0.39 is 19.7 Å². The first-order valence-corrected chi connectivity index (χ1v) is 21.9. The molecule has 6 rings (SSSR count). The number of thiophene rings is 2. The van der Waals surface area contributed by atoms with E-state index in [1.54, 1.807) is 0 Å². The normalized spacial score (nSPS) is 12.8. The molecular formula is C38H44O4S4. The Balaban J connectivity index is 1.29. The molecule has 4 aromatic carbocycles. The second kappa shape index (κ2) is 14.3. The lowest BCUT2D eigenvalue weighted by Gasteiger charge is -2.08. The molecule has 46 heavy (non-hydrogen) atoms. The molecule has 8 heteroatoms. The van der Waals surface area contributed by atoms with Crippen molar-refractivity contribution < 1.29 is 16.8 Å². The highest BCUT2D eigenvalue weighted by molar-refractivity contribution is 7.94. The molecule has 0 aliphatic carbocycles. The lowest BCUT2D eigenvalue weighted by molar-refractivity contribution is 0.584. The van der Waals surface area contributed by atoms with E-state index in [0.29, 0.717) is 21.3 Å². The highest BCUT2D eigenvalue weighted by Gasteiger charge is 2.20. The molecule has 0 atom stereocenters. The number of sulfone groups is 2. The van der Waals surface area contributed by atoms with Gasteiger partial charge in [-0.3, -0.25) is 0 Å². The van der Waals surface area contributed by atoms with Crippen molar-refractivity contribution >= 4 is 94.8 Å². The molecule has 6 aromatic rings. The minimum absolute atomic E-state index is 0.208. The van der Waals surface area contributed by atoms with Gasteiger partial charge in [-0.1, -0.05) is 102 Å². The summed E-state index contributed by atoms with van der Waals surface area (Å²) in [5.41, 5.74) is 0. The van der Waals surface area contributed by atoms with Crippen LogP contribution < -0.4 is 0 Å². The quantitative estimate of drug-likeness (QED) is 0.0748. The zero-order chi connectivity index (χ0) is 32.3. The summed E-state index contributed by atoms with van der Waals surface area (Å²) in [4.78, 5) is 0. The Morgan fingerprint density at radius 3 is 1.24 bits per heavy atom. The van der Waals surface area contributed by atoms with E-state index in [0.717, 1.165) is 78.2 Å². The molecule has 244 valence electrons. The zero-order valence-electron chi connectivity index (χ0n) is 26.9. The van der Waals surface area contributed by atoms with Crippen LogP contribution in [0.5, 0.6) is 0 Å². The molecule has 0 saturated heterocycles. The summed E-state index contributed by atoms with van der Waals surface area (Å²) < 4.78 is 55.7. The van der Waals surface area contributed by atoms with Crippen molar-refractivity contribution in [3.05, 3.63) is 60.7 Å². The van der Waals surface area contributed by atoms with Gasteiger partial charge in [0.05, 0.1) is 11.5 Å². The smallest absolute Gasteiger partial charge is 0.187 e. The number of hydrogen-bond donors (Lipinski definition) is 0. The molecule has 0 amide bonds. The summed E-state index contributed by atoms with van der Waals surface area (Å²) in [5, 5.41) is 8.50. The predicted octanol–water partition coefficient (Wildman–Crippen LogP) is 11.8. The van der Waals surface area contributed by atoms with E-state index in [9.17, 15) is 16.8 Å². The number of hydrogen-bond acceptors (Lipinski definition) is 6. The fourth-order valence-corrected chi connectivity index (χ4v) is 12.4. The zero-order valence-corrected chi connectivity index (χ0v) is 30.2. The first-order chi connectivity index (χ1) is 22.2. The van der Waals surface area contributed by atoms with Gasteiger partial charge in [0.25, 0.3) is 0 Å². The van der Waals surface area contributed by atoms with Gasteiger partial charge in [0.15, 0.2) is 19.7 Å². The summed E-state index contributed by atoms with van der Waals surface area (Å²) in [7, 11) is -6.62. The Kier molecular flexibility index (Phi) is 10.4. The summed E-state index contributed by atoms with van der Waals surface area (Å²) >= 11 is 2.76. The molecule has 0 N–H and O–H groups in total. The van der Waals surface area contributed by atoms with Crippen molar-refractivity contribution in [3.8, 4) is 0 Å². The van der Waals surface area contributed by atoms with Gasteiger partial charge in [-0.2, -0.15) is 0 Å². The third-order valence-electron chi connectivity index (χ3n) is 9.21. The average molecular weight is 693 g/mol. The van der Waals surface area contributed by atoms with Crippen LogP contribution in [0.2, 0.25) is 0 Å². The van der Waals surface area contributed by atoms with Crippen LogP contribution in [0, 0.1) is 0 Å². The van der Waals surface area contributed by atoms with Crippen LogP contribution in [0.4, 0.5) is 0 Å². The van der Waals surface area contributed by atoms with Gasteiger partial charge in [-0.05, 0) is 92.3 Å². The fraction of sp³-hybridized carbons (Fsp3) is 0.421. The molecule has 2 aromatic heterocycles. The Hall–Kier alpha value is -2.52. The van der Waals surface area contributed by atoms with Gasteiger partial charge in [0.2, 0.25) is 0 Å². The molecule has 0 aliphatic heterocycles. The fourth-order valence-electron chi connectivity index (χ4n) is 6.55. The molecule has 0 unspecified atom stereocenters. The third kappa shape index (κ3) is 7.15. The molecule has 0 spiro atoms. The molecule has 0 saturated carbocycles. The molecule has 0 bridgehead atoms. The van der Waals surface area contributed by atoms with Crippen LogP contribution in [0.15, 0.2) is 69.1 Å². The van der Waals surface area contributed by atoms with Gasteiger partial charge in [-0.25, -0.2) is 16.8 Å². The van der Waals surface area contributed by atoms with Gasteiger partial charge in [-0.15, -0.1) is 22.7 Å². The SMILES string of the molecule is CCCCCCCCS(=O)(=O)c1cc2cc3c(ccc4c5cc6cc(S(=O)(=O)CCCCCCCC)sc6cc5ccc34)cc2s1. The van der Waals surface area contributed by atoms with Gasteiger partial charge in [0, 0.05) is 9.40 Å². The standard InChI is InChI=1S/C38H44O4S4/c1-3-5-7-9-11-13-19-45(39,40)37-25-29-21-33-27(23-35(29)43-37)15-17-32-31(33)18-16-28-24-36-30(22-34(28)32)26-38(44-36)46(41,42)20-14-12-10-8-6-4-2/h15-18,21-26H,3-14,19-20H2,1-2H3. The number of fused-ring (bicyclic) bond motifs is 7. The van der Waals surface area contributed by atoms with E-state index >= 15 is 0 Å². The number of rotatable bonds is 16. The van der Waals surface area contributed by atoms with E-state index in [1.807, 2.05) is 12.1 Å². The average Bonchev–Trinajstić information content (AvgIpc) is 3.67. The second-order valence-corrected chi connectivity index (χ2v) is 19.6. The maximum atomic E-state index is 13.2. The first kappa shape index (κ1) is 33.4. The lowest BCUT2D eigenvalue weighted by atomic mass is 9.96. The van der Waals surface area contributed by atoms with Crippen LogP contribution in [0.1, 0.15) is 90.9 Å². The Labute approximate surface area is 281 Å². The molecule has 2 heterocycles. The minimum Gasteiger partial charge on any atom is -0.223 e. The van der Waals surface area contributed by atoms with E-state index in [1.165, 1.54) is 61.2 Å². The van der Waals surface area contributed by atoms with Crippen LogP contribution in [0.3, 0.4) is 0 Å². The minimum atomic E-state index is -3.31. The Morgan fingerprint density at radius 1 is 0.435 bits per heavy atom. The summed E-state index contributed by atoms with van der Waals surface area (Å²) in [5.74, 6) is 0.416. The van der Waals surface area contributed by atoms with Crippen molar-refractivity contribution in [1.82, 2.24) is 0 Å². The molecule has 0 aliphatic rings. The van der Waals surface area contributed by atoms with Crippen molar-refractivity contribution in [2.45, 2.75) is 99.3 Å². The lowest BCUT2D eigenvalue weighted by Crippen LogP contribution is -2.04. The molecule has 0 fully saturated rings. The van der Waals surface area contributed by atoms with E-state index in [-0.39, 0.29) is 11.5 Å². The monoisotopic (exact) mass is 692 g/mol. The van der Waals surface area contributed by atoms with Crippen molar-refractivity contribution in [3.63, 3.8) is 0 Å². The van der Waals surface area contributed by atoms with E-state index in [4.69, 9.17) is 0 Å². The Bertz CT molecular complexity index is 2060. The van der Waals surface area contributed by atoms with Crippen LogP contribution in [-0.2, 0) is 19.7 Å². The number of unbranched alkanes of at least 4 members (excludes halogenated alkanes) is 10. The molecular weight excluding hydrogens is 649 g/mol. The largest absolute Gasteiger partial charge is 0.223 e. The highest BCUT2D eigenvalue weighted by atomic mass is 32.2. The van der Waals surface area contributed by atoms with Gasteiger partial charge >= 0.3 is 0 Å². The van der Waals surface area contributed by atoms with Crippen LogP contribution in [0.25, 0.3) is 52.5 Å². The third-order valence-corrected chi connectivity index (χ3v) is 16.1. The summed E-state index contributed by atoms with van der Waals surface area (Å²) in [6.07, 6.45) is 12.7. The van der Waals surface area contributed by atoms with Gasteiger partial charge in [0.1, 0.15) is 8.42 Å². The van der Waals surface area contributed by atoms with Crippen molar-refractivity contribution in [1.29, 1.82) is 0 Å². The predicted molar refractivity (Wildman–Crippen MR) is 201 cm³/mol. The maximum absolute atomic E-state index is 13.2. The van der Waals surface area contributed by atoms with Crippen LogP contribution in [-0.4, -0.2) is 28.3 Å². The van der Waals surface area contributed by atoms with Crippen molar-refractivity contribution in [2.24, 2.45) is 0 Å². The maximum Gasteiger partial charge on any atom is 0.187 e. The number of benzene rings is 4. The summed E-state index contributed by atoms with van der Waals surface area (Å²) in [6.45, 7) is 4.37. The topological polar surface area (TPSA) is 68.3 Å². The van der Waals surface area contributed by atoms with Gasteiger partial charge < -0.3 is 0 Å². The van der Waals surface area contributed by atoms with Crippen molar-refractivity contribution in [2.75, 3.05) is 11.5 Å². The second-order valence-electron chi connectivity index (χ2n) is 12.8. The molecule has 0 radical (unpaired) electrons. The highest BCUT2D eigenvalue weighted by Crippen LogP contribution is 2.40.